The van der Waals surface area contributed by atoms with E-state index < -0.39 is 28.8 Å². The molecule has 1 heterocycles. The largest absolute Gasteiger partial charge is 0.294 e. The van der Waals surface area contributed by atoms with E-state index in [2.05, 4.69) is 20.9 Å². The monoisotopic (exact) mass is 329 g/mol. The molecule has 0 bridgehead atoms. The van der Waals surface area contributed by atoms with E-state index in [0.29, 0.717) is 17.8 Å². The van der Waals surface area contributed by atoms with Gasteiger partial charge in [-0.2, -0.15) is 0 Å². The SMILES string of the molecule is O=C(Cc1ccc(Br)cn1)c1c(F)cc(F)cc1F. The lowest BCUT2D eigenvalue weighted by molar-refractivity contribution is 0.0983. The van der Waals surface area contributed by atoms with Crippen LogP contribution in [0.15, 0.2) is 34.9 Å². The average molecular weight is 330 g/mol. The van der Waals surface area contributed by atoms with E-state index in [1.165, 1.54) is 6.20 Å². The molecule has 0 N–H and O–H groups in total. The zero-order valence-electron chi connectivity index (χ0n) is 9.46. The molecule has 0 aliphatic heterocycles. The van der Waals surface area contributed by atoms with E-state index in [4.69, 9.17) is 0 Å². The summed E-state index contributed by atoms with van der Waals surface area (Å²) in [7, 11) is 0. The second kappa shape index (κ2) is 5.52. The minimum absolute atomic E-state index is 0.257. The Kier molecular flexibility index (Phi) is 3.99. The van der Waals surface area contributed by atoms with Gasteiger partial charge in [-0.05, 0) is 28.1 Å². The van der Waals surface area contributed by atoms with Crippen LogP contribution in [0.3, 0.4) is 0 Å². The van der Waals surface area contributed by atoms with E-state index in [-0.39, 0.29) is 6.42 Å². The minimum atomic E-state index is -1.21. The van der Waals surface area contributed by atoms with Crippen molar-refractivity contribution in [1.82, 2.24) is 4.98 Å². The number of aromatic nitrogens is 1. The Bertz CT molecular complexity index is 605. The van der Waals surface area contributed by atoms with E-state index in [9.17, 15) is 18.0 Å². The van der Waals surface area contributed by atoms with Crippen molar-refractivity contribution in [1.29, 1.82) is 0 Å². The van der Waals surface area contributed by atoms with Gasteiger partial charge in [-0.3, -0.25) is 9.78 Å². The number of benzene rings is 1. The molecule has 19 heavy (non-hydrogen) atoms. The number of Topliss-reactive ketones (excluding diaryl/α,β-unsaturated/α-hetero) is 1. The van der Waals surface area contributed by atoms with Gasteiger partial charge in [0.1, 0.15) is 17.5 Å². The predicted molar refractivity (Wildman–Crippen MR) is 66.3 cm³/mol. The number of halogens is 4. The zero-order valence-corrected chi connectivity index (χ0v) is 11.0. The molecule has 1 aromatic heterocycles. The van der Waals surface area contributed by atoms with Crippen LogP contribution in [0.2, 0.25) is 0 Å². The quantitative estimate of drug-likeness (QED) is 0.804. The molecule has 0 aliphatic carbocycles. The van der Waals surface area contributed by atoms with Crippen LogP contribution in [0.4, 0.5) is 13.2 Å². The third-order valence-electron chi connectivity index (χ3n) is 2.42. The highest BCUT2D eigenvalue weighted by Crippen LogP contribution is 2.17. The Morgan fingerprint density at radius 3 is 2.32 bits per heavy atom. The van der Waals surface area contributed by atoms with Gasteiger partial charge in [-0.1, -0.05) is 0 Å². The number of pyridine rings is 1. The second-order valence-electron chi connectivity index (χ2n) is 3.81. The Morgan fingerprint density at radius 1 is 1.16 bits per heavy atom. The van der Waals surface area contributed by atoms with E-state index >= 15 is 0 Å². The molecule has 98 valence electrons. The summed E-state index contributed by atoms with van der Waals surface area (Å²) in [6.45, 7) is 0. The summed E-state index contributed by atoms with van der Waals surface area (Å²) in [6, 6.07) is 4.17. The number of carbonyl (C=O) groups is 1. The van der Waals surface area contributed by atoms with Crippen molar-refractivity contribution in [3.8, 4) is 0 Å². The first-order chi connectivity index (χ1) is 8.97. The predicted octanol–water partition coefficient (Wildman–Crippen LogP) is 3.69. The molecule has 2 rings (SSSR count). The average Bonchev–Trinajstić information content (AvgIpc) is 2.30. The molecule has 0 saturated heterocycles. The summed E-state index contributed by atoms with van der Waals surface area (Å²) in [5, 5.41) is 0. The van der Waals surface area contributed by atoms with Crippen molar-refractivity contribution in [2.75, 3.05) is 0 Å². The van der Waals surface area contributed by atoms with Crippen LogP contribution in [-0.2, 0) is 6.42 Å². The Hall–Kier alpha value is -1.69. The highest BCUT2D eigenvalue weighted by molar-refractivity contribution is 9.10. The number of hydrogen-bond acceptors (Lipinski definition) is 2. The first kappa shape index (κ1) is 13.7. The molecular weight excluding hydrogens is 323 g/mol. The molecule has 0 unspecified atom stereocenters. The highest BCUT2D eigenvalue weighted by Gasteiger charge is 2.19. The van der Waals surface area contributed by atoms with Crippen LogP contribution in [0.25, 0.3) is 0 Å². The number of carbonyl (C=O) groups excluding carboxylic acids is 1. The molecule has 0 spiro atoms. The number of rotatable bonds is 3. The lowest BCUT2D eigenvalue weighted by atomic mass is 10.0. The molecule has 0 atom stereocenters. The van der Waals surface area contributed by atoms with Gasteiger partial charge in [0.2, 0.25) is 0 Å². The van der Waals surface area contributed by atoms with Crippen LogP contribution in [0.1, 0.15) is 16.1 Å². The van der Waals surface area contributed by atoms with Crippen molar-refractivity contribution in [3.05, 3.63) is 63.6 Å². The van der Waals surface area contributed by atoms with Crippen LogP contribution in [-0.4, -0.2) is 10.8 Å². The highest BCUT2D eigenvalue weighted by atomic mass is 79.9. The summed E-state index contributed by atoms with van der Waals surface area (Å²) < 4.78 is 40.3. The molecule has 0 amide bonds. The standard InChI is InChI=1S/C13H7BrF3NO/c14-7-1-2-9(18-6-7)5-12(19)13-10(16)3-8(15)4-11(13)17/h1-4,6H,5H2. The molecule has 2 aromatic rings. The summed E-state index contributed by atoms with van der Waals surface area (Å²) in [6.07, 6.45) is 1.22. The Labute approximate surface area is 115 Å². The van der Waals surface area contributed by atoms with Crippen molar-refractivity contribution in [3.63, 3.8) is 0 Å². The van der Waals surface area contributed by atoms with Gasteiger partial charge in [0.25, 0.3) is 0 Å². The molecule has 0 fully saturated rings. The summed E-state index contributed by atoms with van der Waals surface area (Å²) in [5.74, 6) is -4.27. The van der Waals surface area contributed by atoms with Crippen molar-refractivity contribution >= 4 is 21.7 Å². The van der Waals surface area contributed by atoms with Crippen LogP contribution < -0.4 is 0 Å². The Morgan fingerprint density at radius 2 is 1.79 bits per heavy atom. The molecule has 0 radical (unpaired) electrons. The molecule has 1 aromatic carbocycles. The topological polar surface area (TPSA) is 30.0 Å². The van der Waals surface area contributed by atoms with Crippen LogP contribution in [0.5, 0.6) is 0 Å². The molecule has 0 aliphatic rings. The maximum Gasteiger partial charge on any atom is 0.174 e. The fourth-order valence-corrected chi connectivity index (χ4v) is 1.81. The number of nitrogens with zero attached hydrogens (tertiary/aromatic N) is 1. The molecule has 2 nitrogen and oxygen atoms in total. The van der Waals surface area contributed by atoms with Crippen molar-refractivity contribution < 1.29 is 18.0 Å². The fourth-order valence-electron chi connectivity index (χ4n) is 1.57. The van der Waals surface area contributed by atoms with Crippen LogP contribution >= 0.6 is 15.9 Å². The lowest BCUT2D eigenvalue weighted by Gasteiger charge is -2.04. The van der Waals surface area contributed by atoms with Gasteiger partial charge in [0.05, 0.1) is 12.0 Å². The number of hydrogen-bond donors (Lipinski definition) is 0. The lowest BCUT2D eigenvalue weighted by Crippen LogP contribution is -2.10. The Balaban J connectivity index is 2.28. The molecule has 0 saturated carbocycles. The van der Waals surface area contributed by atoms with E-state index in [1.807, 2.05) is 0 Å². The summed E-state index contributed by atoms with van der Waals surface area (Å²) >= 11 is 3.18. The molecular formula is C13H7BrF3NO. The first-order valence-electron chi connectivity index (χ1n) is 5.25. The fraction of sp³-hybridized carbons (Fsp3) is 0.0769. The van der Waals surface area contributed by atoms with E-state index in [0.717, 1.165) is 4.47 Å². The van der Waals surface area contributed by atoms with Gasteiger partial charge in [0.15, 0.2) is 5.78 Å². The second-order valence-corrected chi connectivity index (χ2v) is 4.73. The van der Waals surface area contributed by atoms with E-state index in [1.54, 1.807) is 12.1 Å². The maximum absolute atomic E-state index is 13.4. The van der Waals surface area contributed by atoms with Crippen molar-refractivity contribution in [2.24, 2.45) is 0 Å². The first-order valence-corrected chi connectivity index (χ1v) is 6.05. The van der Waals surface area contributed by atoms with Gasteiger partial charge >= 0.3 is 0 Å². The van der Waals surface area contributed by atoms with Crippen LogP contribution in [0, 0.1) is 17.5 Å². The summed E-state index contributed by atoms with van der Waals surface area (Å²) in [5.41, 5.74) is -0.373. The number of ketones is 1. The smallest absolute Gasteiger partial charge is 0.174 e. The summed E-state index contributed by atoms with van der Waals surface area (Å²) in [4.78, 5) is 15.7. The normalized spacial score (nSPS) is 10.5. The third kappa shape index (κ3) is 3.20. The van der Waals surface area contributed by atoms with Gasteiger partial charge in [0, 0.05) is 28.5 Å². The van der Waals surface area contributed by atoms with Gasteiger partial charge < -0.3 is 0 Å². The maximum atomic E-state index is 13.4. The minimum Gasteiger partial charge on any atom is -0.294 e. The third-order valence-corrected chi connectivity index (χ3v) is 2.89. The molecule has 6 heteroatoms. The van der Waals surface area contributed by atoms with Crippen molar-refractivity contribution in [2.45, 2.75) is 6.42 Å². The van der Waals surface area contributed by atoms with Gasteiger partial charge in [-0.15, -0.1) is 0 Å². The van der Waals surface area contributed by atoms with Gasteiger partial charge in [-0.25, -0.2) is 13.2 Å². The zero-order chi connectivity index (χ0) is 14.0.